The number of alkyl halides is 1. The Morgan fingerprint density at radius 1 is 0.974 bits per heavy atom. The molecule has 0 unspecified atom stereocenters. The van der Waals surface area contributed by atoms with Crippen LogP contribution < -0.4 is 15.4 Å². The van der Waals surface area contributed by atoms with E-state index in [1.165, 1.54) is 0 Å². The second-order valence-electron chi connectivity index (χ2n) is 8.95. The summed E-state index contributed by atoms with van der Waals surface area (Å²) in [6, 6.07) is 13.2. The minimum Gasteiger partial charge on any atom is -0.497 e. The first kappa shape index (κ1) is 29.6. The van der Waals surface area contributed by atoms with Gasteiger partial charge in [0, 0.05) is 47.2 Å². The Morgan fingerprint density at radius 2 is 1.66 bits per heavy atom. The maximum Gasteiger partial charge on any atom is 0.262 e. The van der Waals surface area contributed by atoms with E-state index in [-0.39, 0.29) is 24.1 Å². The van der Waals surface area contributed by atoms with Gasteiger partial charge < -0.3 is 20.1 Å². The number of unbranched alkanes of at least 4 members (excludes halogenated alkanes) is 1. The van der Waals surface area contributed by atoms with Gasteiger partial charge >= 0.3 is 0 Å². The highest BCUT2D eigenvalue weighted by Crippen LogP contribution is 2.30. The maximum atomic E-state index is 13.5. The van der Waals surface area contributed by atoms with Crippen molar-refractivity contribution >= 4 is 51.2 Å². The number of hydrogen-bond acceptors (Lipinski definition) is 5. The van der Waals surface area contributed by atoms with Crippen LogP contribution in [0.15, 0.2) is 42.5 Å². The Kier molecular flexibility index (Phi) is 11.6. The number of nitrogens with one attached hydrogen (secondary N) is 2. The molecule has 8 nitrogen and oxygen atoms in total. The Labute approximate surface area is 237 Å². The van der Waals surface area contributed by atoms with E-state index < -0.39 is 0 Å². The first-order chi connectivity index (χ1) is 18.4. The molecule has 0 radical (unpaired) electrons. The molecule has 38 heavy (non-hydrogen) atoms. The average molecular weight is 634 g/mol. The van der Waals surface area contributed by atoms with Gasteiger partial charge in [-0.2, -0.15) is 0 Å². The second-order valence-corrected chi connectivity index (χ2v) is 9.71. The molecule has 0 bridgehead atoms. The minimum atomic E-state index is -0.132. The predicted molar refractivity (Wildman–Crippen MR) is 157 cm³/mol. The Morgan fingerprint density at radius 3 is 2.29 bits per heavy atom. The molecule has 204 valence electrons. The van der Waals surface area contributed by atoms with Crippen LogP contribution in [0.3, 0.4) is 0 Å². The molecule has 9 heteroatoms. The lowest BCUT2D eigenvalue weighted by Crippen LogP contribution is -2.28. The van der Waals surface area contributed by atoms with Crippen molar-refractivity contribution in [1.29, 1.82) is 0 Å². The molecule has 3 aromatic rings. The van der Waals surface area contributed by atoms with Crippen LogP contribution in [0.5, 0.6) is 5.75 Å². The van der Waals surface area contributed by atoms with Crippen molar-refractivity contribution in [3.63, 3.8) is 0 Å². The summed E-state index contributed by atoms with van der Waals surface area (Å²) in [5, 5.41) is 6.65. The quantitative estimate of drug-likeness (QED) is 0.154. The summed E-state index contributed by atoms with van der Waals surface area (Å²) >= 11 is 2.29. The van der Waals surface area contributed by atoms with Crippen LogP contribution in [0.25, 0.3) is 10.9 Å². The highest BCUT2D eigenvalue weighted by molar-refractivity contribution is 14.1. The Balaban J connectivity index is 1.65. The van der Waals surface area contributed by atoms with Gasteiger partial charge in [-0.3, -0.25) is 19.0 Å². The topological polar surface area (TPSA) is 98.7 Å². The Bertz CT molecular complexity index is 1250. The largest absolute Gasteiger partial charge is 0.497 e. The van der Waals surface area contributed by atoms with E-state index in [1.807, 2.05) is 56.3 Å². The van der Waals surface area contributed by atoms with Crippen LogP contribution in [0.4, 0.5) is 0 Å². The number of fused-ring (bicyclic) bond motifs is 1. The zero-order valence-corrected chi connectivity index (χ0v) is 24.4. The van der Waals surface area contributed by atoms with Gasteiger partial charge in [0.05, 0.1) is 25.7 Å². The van der Waals surface area contributed by atoms with Gasteiger partial charge in [0.25, 0.3) is 5.91 Å². The third-order valence-corrected chi connectivity index (χ3v) is 7.24. The van der Waals surface area contributed by atoms with Crippen molar-refractivity contribution < 1.29 is 23.9 Å². The van der Waals surface area contributed by atoms with Gasteiger partial charge in [-0.15, -0.1) is 0 Å². The Hall–Kier alpha value is -2.92. The number of carbonyl (C=O) groups excluding carboxylic acids is 3. The monoisotopic (exact) mass is 633 g/mol. The highest BCUT2D eigenvalue weighted by atomic mass is 127. The molecule has 3 rings (SSSR count). The van der Waals surface area contributed by atoms with Crippen LogP contribution in [-0.4, -0.2) is 55.7 Å². The van der Waals surface area contributed by atoms with Gasteiger partial charge in [-0.1, -0.05) is 34.7 Å². The average Bonchev–Trinajstić information content (AvgIpc) is 3.20. The number of hydrogen-bond donors (Lipinski definition) is 2. The van der Waals surface area contributed by atoms with E-state index in [2.05, 4.69) is 33.2 Å². The summed E-state index contributed by atoms with van der Waals surface area (Å²) in [6.45, 7) is 5.87. The first-order valence-electron chi connectivity index (χ1n) is 12.9. The molecule has 2 amide bonds. The lowest BCUT2D eigenvalue weighted by Gasteiger charge is -2.09. The standard InChI is InChI=1S/C29H36IN3O5/c1-4-38-16-13-27(34)31-14-5-6-15-32-28(35)18-24-20(2)33(26-12-11-23(37-3)17-25(24)26)29(36)22-9-7-21(19-30)8-10-22/h7-12,17H,4-6,13-16,18-19H2,1-3H3,(H,31,34)(H,32,35). The SMILES string of the molecule is CCOCCC(=O)NCCCCNC(=O)Cc1c(C)n(C(=O)c2ccc(CI)cc2)c2ccc(OC)cc12. The lowest BCUT2D eigenvalue weighted by atomic mass is 10.1. The molecule has 2 aromatic carbocycles. The first-order valence-corrected chi connectivity index (χ1v) is 14.4. The molecular formula is C29H36IN3O5. The van der Waals surface area contributed by atoms with Gasteiger partial charge in [0.2, 0.25) is 11.8 Å². The summed E-state index contributed by atoms with van der Waals surface area (Å²) in [5.74, 6) is 0.390. The number of rotatable bonds is 14. The van der Waals surface area contributed by atoms with Gasteiger partial charge in [0.1, 0.15) is 5.75 Å². The van der Waals surface area contributed by atoms with Crippen LogP contribution in [0, 0.1) is 6.92 Å². The number of halogens is 1. The maximum absolute atomic E-state index is 13.5. The number of benzene rings is 2. The van der Waals surface area contributed by atoms with E-state index in [1.54, 1.807) is 11.7 Å². The van der Waals surface area contributed by atoms with Crippen LogP contribution >= 0.6 is 22.6 Å². The van der Waals surface area contributed by atoms with Crippen molar-refractivity contribution in [2.45, 2.75) is 44.0 Å². The second kappa shape index (κ2) is 14.9. The summed E-state index contributed by atoms with van der Waals surface area (Å²) in [7, 11) is 1.60. The summed E-state index contributed by atoms with van der Waals surface area (Å²) in [5.41, 5.74) is 4.03. The van der Waals surface area contributed by atoms with E-state index in [0.29, 0.717) is 44.0 Å². The zero-order chi connectivity index (χ0) is 27.5. The van der Waals surface area contributed by atoms with Crippen molar-refractivity contribution in [3.8, 4) is 5.75 Å². The van der Waals surface area contributed by atoms with Crippen molar-refractivity contribution in [1.82, 2.24) is 15.2 Å². The molecule has 0 spiro atoms. The molecule has 0 saturated carbocycles. The predicted octanol–water partition coefficient (Wildman–Crippen LogP) is 4.56. The van der Waals surface area contributed by atoms with Gasteiger partial charge in [-0.25, -0.2) is 0 Å². The van der Waals surface area contributed by atoms with E-state index in [9.17, 15) is 14.4 Å². The van der Waals surface area contributed by atoms with E-state index in [4.69, 9.17) is 9.47 Å². The number of ether oxygens (including phenoxy) is 2. The number of aromatic nitrogens is 1. The summed E-state index contributed by atoms with van der Waals surface area (Å²) < 4.78 is 13.2. The normalized spacial score (nSPS) is 10.9. The third kappa shape index (κ3) is 7.80. The van der Waals surface area contributed by atoms with Gasteiger partial charge in [-0.05, 0) is 68.1 Å². The number of nitrogens with zero attached hydrogens (tertiary/aromatic N) is 1. The number of amides is 2. The molecule has 0 atom stereocenters. The number of carbonyl (C=O) groups is 3. The summed E-state index contributed by atoms with van der Waals surface area (Å²) in [6.07, 6.45) is 2.02. The van der Waals surface area contributed by atoms with Crippen LogP contribution in [0.2, 0.25) is 0 Å². The molecule has 0 fully saturated rings. The van der Waals surface area contributed by atoms with Crippen molar-refractivity contribution in [2.24, 2.45) is 0 Å². The smallest absolute Gasteiger partial charge is 0.262 e. The lowest BCUT2D eigenvalue weighted by molar-refractivity contribution is -0.122. The van der Waals surface area contributed by atoms with E-state index in [0.717, 1.165) is 45.0 Å². The number of methoxy groups -OCH3 is 1. The zero-order valence-electron chi connectivity index (χ0n) is 22.3. The van der Waals surface area contributed by atoms with E-state index >= 15 is 0 Å². The fourth-order valence-corrected chi connectivity index (χ4v) is 4.77. The third-order valence-electron chi connectivity index (χ3n) is 6.36. The molecule has 0 aliphatic rings. The molecule has 0 saturated heterocycles. The van der Waals surface area contributed by atoms with Gasteiger partial charge in [0.15, 0.2) is 0 Å². The molecular weight excluding hydrogens is 597 g/mol. The summed E-state index contributed by atoms with van der Waals surface area (Å²) in [4.78, 5) is 38.1. The highest BCUT2D eigenvalue weighted by Gasteiger charge is 2.22. The molecule has 0 aliphatic heterocycles. The minimum absolute atomic E-state index is 0.0275. The van der Waals surface area contributed by atoms with Crippen molar-refractivity contribution in [2.75, 3.05) is 33.4 Å². The molecule has 1 aromatic heterocycles. The van der Waals surface area contributed by atoms with Crippen LogP contribution in [-0.2, 0) is 25.2 Å². The van der Waals surface area contributed by atoms with Crippen LogP contribution in [0.1, 0.15) is 53.4 Å². The fraction of sp³-hybridized carbons (Fsp3) is 0.414. The molecule has 1 heterocycles. The molecule has 0 aliphatic carbocycles. The van der Waals surface area contributed by atoms with Crippen molar-refractivity contribution in [3.05, 3.63) is 64.8 Å². The fourth-order valence-electron chi connectivity index (χ4n) is 4.27. The molecule has 2 N–H and O–H groups in total.